The van der Waals surface area contributed by atoms with E-state index in [9.17, 15) is 4.79 Å². The number of hydrogen-bond donors (Lipinski definition) is 1. The lowest BCUT2D eigenvalue weighted by Crippen LogP contribution is -2.02. The summed E-state index contributed by atoms with van der Waals surface area (Å²) in [6.45, 7) is 4.02. The van der Waals surface area contributed by atoms with Crippen molar-refractivity contribution in [3.63, 3.8) is 0 Å². The van der Waals surface area contributed by atoms with Gasteiger partial charge in [0.15, 0.2) is 5.75 Å². The van der Waals surface area contributed by atoms with E-state index in [0.717, 1.165) is 29.0 Å². The van der Waals surface area contributed by atoms with Gasteiger partial charge < -0.3 is 14.6 Å². The van der Waals surface area contributed by atoms with E-state index in [-0.39, 0.29) is 5.75 Å². The molecule has 2 aromatic carbocycles. The maximum absolute atomic E-state index is 10.7. The highest BCUT2D eigenvalue weighted by Crippen LogP contribution is 2.40. The van der Waals surface area contributed by atoms with Crippen molar-refractivity contribution in [1.82, 2.24) is 0 Å². The van der Waals surface area contributed by atoms with Gasteiger partial charge >= 0.3 is 6.16 Å². The van der Waals surface area contributed by atoms with Crippen LogP contribution in [0.25, 0.3) is 0 Å². The second-order valence-electron chi connectivity index (χ2n) is 5.01. The van der Waals surface area contributed by atoms with E-state index in [0.29, 0.717) is 11.4 Å². The van der Waals surface area contributed by atoms with Crippen molar-refractivity contribution in [2.24, 2.45) is 4.99 Å². The number of fused-ring (bicyclic) bond motifs is 2. The Labute approximate surface area is 127 Å². The number of aryl methyl sites for hydroxylation is 1. The Hall–Kier alpha value is -2.82. The van der Waals surface area contributed by atoms with Crippen LogP contribution < -0.4 is 9.47 Å². The molecule has 1 aliphatic heterocycles. The lowest BCUT2D eigenvalue weighted by molar-refractivity contribution is 0.144. The van der Waals surface area contributed by atoms with Crippen LogP contribution in [0, 0.1) is 6.92 Å². The summed E-state index contributed by atoms with van der Waals surface area (Å²) in [6, 6.07) is 10.8. The predicted molar refractivity (Wildman–Crippen MR) is 82.8 cm³/mol. The van der Waals surface area contributed by atoms with Crippen LogP contribution in [0.3, 0.4) is 0 Å². The molecule has 22 heavy (non-hydrogen) atoms. The molecule has 0 aliphatic carbocycles. The Morgan fingerprint density at radius 1 is 1.23 bits per heavy atom. The molecule has 0 amide bonds. The molecule has 5 heteroatoms. The smallest absolute Gasteiger partial charge is 0.454 e. The van der Waals surface area contributed by atoms with Crippen molar-refractivity contribution in [2.75, 3.05) is 0 Å². The van der Waals surface area contributed by atoms with Gasteiger partial charge in [0.25, 0.3) is 0 Å². The number of hydrogen-bond acceptors (Lipinski definition) is 4. The maximum Gasteiger partial charge on any atom is 0.511 e. The van der Waals surface area contributed by atoms with E-state index < -0.39 is 6.16 Å². The Balaban J connectivity index is 2.12. The second kappa shape index (κ2) is 5.52. The highest BCUT2D eigenvalue weighted by atomic mass is 16.7. The van der Waals surface area contributed by atoms with E-state index in [1.165, 1.54) is 0 Å². The van der Waals surface area contributed by atoms with Gasteiger partial charge in [0.2, 0.25) is 0 Å². The molecular formula is C17H15NO4. The third-order valence-electron chi connectivity index (χ3n) is 3.39. The minimum Gasteiger partial charge on any atom is -0.454 e. The number of carboxylic acid groups (broad SMARTS) is 1. The van der Waals surface area contributed by atoms with E-state index in [4.69, 9.17) is 9.84 Å². The summed E-state index contributed by atoms with van der Waals surface area (Å²) in [7, 11) is 0. The third-order valence-corrected chi connectivity index (χ3v) is 3.39. The largest absolute Gasteiger partial charge is 0.511 e. The normalized spacial score (nSPS) is 12.4. The molecule has 1 N–H and O–H groups in total. The summed E-state index contributed by atoms with van der Waals surface area (Å²) in [4.78, 5) is 15.3. The molecule has 0 saturated heterocycles. The van der Waals surface area contributed by atoms with Crippen LogP contribution in [0.15, 0.2) is 41.4 Å². The lowest BCUT2D eigenvalue weighted by atomic mass is 10.0. The van der Waals surface area contributed by atoms with Crippen LogP contribution in [-0.4, -0.2) is 17.0 Å². The molecule has 0 fully saturated rings. The first-order valence-electron chi connectivity index (χ1n) is 6.98. The molecule has 2 aromatic rings. The van der Waals surface area contributed by atoms with Gasteiger partial charge in [-0.3, -0.25) is 0 Å². The summed E-state index contributed by atoms with van der Waals surface area (Å²) in [6.07, 6.45) is -0.615. The summed E-state index contributed by atoms with van der Waals surface area (Å²) in [5, 5.41) is 8.71. The fraction of sp³-hybridized carbons (Fsp3) is 0.176. The molecule has 0 unspecified atom stereocenters. The van der Waals surface area contributed by atoms with Gasteiger partial charge in [-0.25, -0.2) is 9.79 Å². The molecule has 5 nitrogen and oxygen atoms in total. The zero-order valence-electron chi connectivity index (χ0n) is 12.3. The average Bonchev–Trinajstić information content (AvgIpc) is 2.62. The number of aliphatic imine (C=N–C) groups is 1. The van der Waals surface area contributed by atoms with Crippen molar-refractivity contribution in [3.8, 4) is 17.2 Å². The monoisotopic (exact) mass is 297 g/mol. The molecule has 0 aromatic heterocycles. The zero-order valence-corrected chi connectivity index (χ0v) is 12.3. The molecule has 1 aliphatic rings. The number of carbonyl (C=O) groups is 1. The second-order valence-corrected chi connectivity index (χ2v) is 5.01. The standard InChI is InChI=1S/C17H15NO4/c1-3-13-12-6-4-10(2)8-16(12)22-15-7-5-11(21-17(19)20)9-14(15)18-13/h4-9H,3H2,1-2H3,(H,19,20). The first-order valence-corrected chi connectivity index (χ1v) is 6.98. The third kappa shape index (κ3) is 2.65. The van der Waals surface area contributed by atoms with Crippen molar-refractivity contribution in [1.29, 1.82) is 0 Å². The van der Waals surface area contributed by atoms with E-state index in [1.807, 2.05) is 32.0 Å². The Bertz CT molecular complexity index is 780. The van der Waals surface area contributed by atoms with Crippen molar-refractivity contribution in [2.45, 2.75) is 20.3 Å². The molecule has 3 rings (SSSR count). The van der Waals surface area contributed by atoms with Crippen molar-refractivity contribution >= 4 is 17.6 Å². The van der Waals surface area contributed by atoms with Crippen molar-refractivity contribution in [3.05, 3.63) is 47.5 Å². The van der Waals surface area contributed by atoms with Crippen LogP contribution in [0.2, 0.25) is 0 Å². The maximum atomic E-state index is 10.7. The summed E-state index contributed by atoms with van der Waals surface area (Å²) >= 11 is 0. The molecule has 0 atom stereocenters. The zero-order chi connectivity index (χ0) is 15.7. The minimum absolute atomic E-state index is 0.219. The molecular weight excluding hydrogens is 282 g/mol. The lowest BCUT2D eigenvalue weighted by Gasteiger charge is -2.10. The van der Waals surface area contributed by atoms with Gasteiger partial charge in [0.05, 0.1) is 5.71 Å². The number of benzene rings is 2. The summed E-state index contributed by atoms with van der Waals surface area (Å²) in [5.74, 6) is 1.55. The quantitative estimate of drug-likeness (QED) is 0.645. The first kappa shape index (κ1) is 14.1. The van der Waals surface area contributed by atoms with Crippen molar-refractivity contribution < 1.29 is 19.4 Å². The minimum atomic E-state index is -1.35. The van der Waals surface area contributed by atoms with E-state index in [2.05, 4.69) is 9.73 Å². The fourth-order valence-electron chi connectivity index (χ4n) is 2.38. The molecule has 112 valence electrons. The van der Waals surface area contributed by atoms with Gasteiger partial charge in [0.1, 0.15) is 17.2 Å². The molecule has 0 bridgehead atoms. The molecule has 0 spiro atoms. The highest BCUT2D eigenvalue weighted by Gasteiger charge is 2.18. The number of ether oxygens (including phenoxy) is 2. The van der Waals surface area contributed by atoms with Gasteiger partial charge in [-0.2, -0.15) is 0 Å². The van der Waals surface area contributed by atoms with Crippen LogP contribution in [0.4, 0.5) is 10.5 Å². The van der Waals surface area contributed by atoms with Crippen LogP contribution in [-0.2, 0) is 0 Å². The van der Waals surface area contributed by atoms with Crippen LogP contribution >= 0.6 is 0 Å². The molecule has 0 saturated carbocycles. The fourth-order valence-corrected chi connectivity index (χ4v) is 2.38. The summed E-state index contributed by atoms with van der Waals surface area (Å²) in [5.41, 5.74) is 3.50. The summed E-state index contributed by atoms with van der Waals surface area (Å²) < 4.78 is 10.6. The molecule has 1 heterocycles. The van der Waals surface area contributed by atoms with E-state index in [1.54, 1.807) is 18.2 Å². The average molecular weight is 297 g/mol. The van der Waals surface area contributed by atoms with Crippen LogP contribution in [0.5, 0.6) is 17.2 Å². The number of nitrogens with zero attached hydrogens (tertiary/aromatic N) is 1. The highest BCUT2D eigenvalue weighted by molar-refractivity contribution is 6.05. The SMILES string of the molecule is CCC1=Nc2cc(OC(=O)O)ccc2Oc2cc(C)ccc21. The van der Waals surface area contributed by atoms with Gasteiger partial charge in [-0.1, -0.05) is 13.0 Å². The Kier molecular flexibility index (Phi) is 3.55. The predicted octanol–water partition coefficient (Wildman–Crippen LogP) is 4.69. The van der Waals surface area contributed by atoms with Gasteiger partial charge in [0, 0.05) is 11.6 Å². The Morgan fingerprint density at radius 3 is 2.77 bits per heavy atom. The first-order chi connectivity index (χ1) is 10.6. The van der Waals surface area contributed by atoms with E-state index >= 15 is 0 Å². The Morgan fingerprint density at radius 2 is 2.05 bits per heavy atom. The topological polar surface area (TPSA) is 68.1 Å². The van der Waals surface area contributed by atoms with Crippen LogP contribution in [0.1, 0.15) is 24.5 Å². The van der Waals surface area contributed by atoms with Gasteiger partial charge in [-0.15, -0.1) is 0 Å². The number of rotatable bonds is 2. The van der Waals surface area contributed by atoms with Gasteiger partial charge in [-0.05, 0) is 43.2 Å². The molecule has 0 radical (unpaired) electrons.